The Morgan fingerprint density at radius 1 is 1.43 bits per heavy atom. The summed E-state index contributed by atoms with van der Waals surface area (Å²) in [4.78, 5) is 19.0. The lowest BCUT2D eigenvalue weighted by Crippen LogP contribution is -2.23. The van der Waals surface area contributed by atoms with Crippen LogP contribution in [0.15, 0.2) is 23.0 Å². The van der Waals surface area contributed by atoms with Gasteiger partial charge in [-0.1, -0.05) is 11.6 Å². The summed E-state index contributed by atoms with van der Waals surface area (Å²) in [6, 6.07) is 6.75. The summed E-state index contributed by atoms with van der Waals surface area (Å²) in [7, 11) is 0. The van der Waals surface area contributed by atoms with E-state index in [1.54, 1.807) is 32.0 Å². The fourth-order valence-electron chi connectivity index (χ4n) is 2.25. The summed E-state index contributed by atoms with van der Waals surface area (Å²) in [5, 5.41) is 12.4. The number of anilines is 1. The second kappa shape index (κ2) is 5.98. The number of halogens is 1. The number of nitrogens with one attached hydrogen (secondary N) is 2. The predicted molar refractivity (Wildman–Crippen MR) is 82.5 cm³/mol. The van der Waals surface area contributed by atoms with Crippen molar-refractivity contribution in [2.75, 3.05) is 5.32 Å². The molecule has 2 N–H and O–H groups in total. The number of hydrogen-bond donors (Lipinski definition) is 2. The SMILES string of the molecule is Cc1nc(C)c(C(C)Nc2ccc(C#N)cc2Cl)c(=O)[nH]1. The molecule has 1 aromatic heterocycles. The molecule has 0 aliphatic carbocycles. The van der Waals surface area contributed by atoms with Gasteiger partial charge in [0.2, 0.25) is 0 Å². The molecule has 0 aliphatic heterocycles. The molecule has 1 unspecified atom stereocenters. The summed E-state index contributed by atoms with van der Waals surface area (Å²) in [6.07, 6.45) is 0. The van der Waals surface area contributed by atoms with Gasteiger partial charge in [0.05, 0.1) is 39.6 Å². The molecule has 0 amide bonds. The predicted octanol–water partition coefficient (Wildman–Crippen LogP) is 3.08. The van der Waals surface area contributed by atoms with E-state index in [1.165, 1.54) is 0 Å². The van der Waals surface area contributed by atoms with E-state index in [9.17, 15) is 4.79 Å². The molecule has 1 atom stereocenters. The molecule has 0 radical (unpaired) electrons. The average Bonchev–Trinajstić information content (AvgIpc) is 2.39. The van der Waals surface area contributed by atoms with E-state index in [1.807, 2.05) is 13.0 Å². The number of benzene rings is 1. The van der Waals surface area contributed by atoms with Crippen molar-refractivity contribution in [1.82, 2.24) is 9.97 Å². The minimum absolute atomic E-state index is 0.162. The average molecular weight is 303 g/mol. The highest BCUT2D eigenvalue weighted by Gasteiger charge is 2.15. The second-order valence-electron chi connectivity index (χ2n) is 4.82. The standard InChI is InChI=1S/C15H15ClN4O/c1-8-14(15(21)20-10(3)18-8)9(2)19-13-5-4-11(7-17)6-12(13)16/h4-6,9,19H,1-3H3,(H,18,20,21). The number of aryl methyl sites for hydroxylation is 2. The lowest BCUT2D eigenvalue weighted by molar-refractivity contribution is 0.814. The maximum absolute atomic E-state index is 12.1. The number of H-pyrrole nitrogens is 1. The van der Waals surface area contributed by atoms with Crippen molar-refractivity contribution in [3.63, 3.8) is 0 Å². The summed E-state index contributed by atoms with van der Waals surface area (Å²) in [6.45, 7) is 5.41. The fraction of sp³-hybridized carbons (Fsp3) is 0.267. The Balaban J connectivity index is 2.33. The zero-order valence-electron chi connectivity index (χ0n) is 12.0. The molecule has 1 aromatic carbocycles. The normalized spacial score (nSPS) is 11.8. The largest absolute Gasteiger partial charge is 0.377 e. The van der Waals surface area contributed by atoms with Gasteiger partial charge in [-0.2, -0.15) is 5.26 Å². The molecule has 0 saturated carbocycles. The van der Waals surface area contributed by atoms with Crippen molar-refractivity contribution in [1.29, 1.82) is 5.26 Å². The highest BCUT2D eigenvalue weighted by atomic mass is 35.5. The first-order chi connectivity index (χ1) is 9.92. The third-order valence-electron chi connectivity index (χ3n) is 3.17. The monoisotopic (exact) mass is 302 g/mol. The number of rotatable bonds is 3. The van der Waals surface area contributed by atoms with Crippen LogP contribution < -0.4 is 10.9 Å². The number of aromatic nitrogens is 2. The quantitative estimate of drug-likeness (QED) is 0.913. The Labute approximate surface area is 127 Å². The van der Waals surface area contributed by atoms with Gasteiger partial charge in [0, 0.05) is 0 Å². The third kappa shape index (κ3) is 3.23. The molecule has 5 nitrogen and oxygen atoms in total. The lowest BCUT2D eigenvalue weighted by Gasteiger charge is -2.17. The van der Waals surface area contributed by atoms with Crippen LogP contribution in [-0.4, -0.2) is 9.97 Å². The molecule has 0 bridgehead atoms. The van der Waals surface area contributed by atoms with Gasteiger partial charge < -0.3 is 10.3 Å². The van der Waals surface area contributed by atoms with Crippen LogP contribution in [0.2, 0.25) is 5.02 Å². The molecule has 2 aromatic rings. The first kappa shape index (κ1) is 15.1. The van der Waals surface area contributed by atoms with E-state index in [0.717, 1.165) is 0 Å². The van der Waals surface area contributed by atoms with Crippen molar-refractivity contribution < 1.29 is 0 Å². The Bertz CT molecular complexity index is 776. The van der Waals surface area contributed by atoms with Gasteiger partial charge in [-0.25, -0.2) is 4.98 Å². The zero-order chi connectivity index (χ0) is 15.6. The molecule has 0 saturated heterocycles. The Hall–Kier alpha value is -2.32. The van der Waals surface area contributed by atoms with Crippen LogP contribution in [0.4, 0.5) is 5.69 Å². The Morgan fingerprint density at radius 2 is 2.14 bits per heavy atom. The van der Waals surface area contributed by atoms with E-state index in [2.05, 4.69) is 15.3 Å². The topological polar surface area (TPSA) is 81.6 Å². The molecule has 6 heteroatoms. The molecular formula is C15H15ClN4O. The molecule has 0 fully saturated rings. The summed E-state index contributed by atoms with van der Waals surface area (Å²) < 4.78 is 0. The van der Waals surface area contributed by atoms with Gasteiger partial charge >= 0.3 is 0 Å². The second-order valence-corrected chi connectivity index (χ2v) is 5.23. The van der Waals surface area contributed by atoms with Crippen LogP contribution in [-0.2, 0) is 0 Å². The highest BCUT2D eigenvalue weighted by Crippen LogP contribution is 2.26. The van der Waals surface area contributed by atoms with Crippen LogP contribution >= 0.6 is 11.6 Å². The molecule has 108 valence electrons. The van der Waals surface area contributed by atoms with Crippen LogP contribution in [0, 0.1) is 25.2 Å². The van der Waals surface area contributed by atoms with E-state index in [-0.39, 0.29) is 11.6 Å². The molecule has 0 spiro atoms. The first-order valence-corrected chi connectivity index (χ1v) is 6.83. The summed E-state index contributed by atoms with van der Waals surface area (Å²) in [5.74, 6) is 0.588. The van der Waals surface area contributed by atoms with Crippen molar-refractivity contribution >= 4 is 17.3 Å². The summed E-state index contributed by atoms with van der Waals surface area (Å²) in [5.41, 5.74) is 2.25. The molecule has 0 aliphatic rings. The van der Waals surface area contributed by atoms with E-state index < -0.39 is 0 Å². The molecule has 1 heterocycles. The molecule has 21 heavy (non-hydrogen) atoms. The number of nitrogens with zero attached hydrogens (tertiary/aromatic N) is 2. The van der Waals surface area contributed by atoms with Gasteiger partial charge in [-0.15, -0.1) is 0 Å². The van der Waals surface area contributed by atoms with Crippen LogP contribution in [0.5, 0.6) is 0 Å². The zero-order valence-corrected chi connectivity index (χ0v) is 12.7. The van der Waals surface area contributed by atoms with Crippen LogP contribution in [0.25, 0.3) is 0 Å². The maximum Gasteiger partial charge on any atom is 0.256 e. The smallest absolute Gasteiger partial charge is 0.256 e. The minimum atomic E-state index is -0.257. The molecular weight excluding hydrogens is 288 g/mol. The first-order valence-electron chi connectivity index (χ1n) is 6.46. The van der Waals surface area contributed by atoms with E-state index in [0.29, 0.717) is 33.4 Å². The van der Waals surface area contributed by atoms with Crippen LogP contribution in [0.3, 0.4) is 0 Å². The number of nitriles is 1. The van der Waals surface area contributed by atoms with Gasteiger partial charge in [0.1, 0.15) is 5.82 Å². The van der Waals surface area contributed by atoms with Gasteiger partial charge in [-0.3, -0.25) is 4.79 Å². The maximum atomic E-state index is 12.1. The summed E-state index contributed by atoms with van der Waals surface area (Å²) >= 11 is 6.13. The lowest BCUT2D eigenvalue weighted by atomic mass is 10.1. The van der Waals surface area contributed by atoms with Gasteiger partial charge in [0.25, 0.3) is 5.56 Å². The van der Waals surface area contributed by atoms with Crippen molar-refractivity contribution in [2.24, 2.45) is 0 Å². The van der Waals surface area contributed by atoms with Crippen molar-refractivity contribution in [2.45, 2.75) is 26.8 Å². The minimum Gasteiger partial charge on any atom is -0.377 e. The van der Waals surface area contributed by atoms with Crippen molar-refractivity contribution in [3.8, 4) is 6.07 Å². The van der Waals surface area contributed by atoms with Gasteiger partial charge in [-0.05, 0) is 39.0 Å². The van der Waals surface area contributed by atoms with Gasteiger partial charge in [0.15, 0.2) is 0 Å². The van der Waals surface area contributed by atoms with Crippen LogP contribution in [0.1, 0.15) is 35.6 Å². The van der Waals surface area contributed by atoms with E-state index in [4.69, 9.17) is 16.9 Å². The fourth-order valence-corrected chi connectivity index (χ4v) is 2.49. The van der Waals surface area contributed by atoms with Crippen molar-refractivity contribution in [3.05, 3.63) is 56.2 Å². The molecule has 2 rings (SSSR count). The van der Waals surface area contributed by atoms with E-state index >= 15 is 0 Å². The Morgan fingerprint density at radius 3 is 2.71 bits per heavy atom. The highest BCUT2D eigenvalue weighted by molar-refractivity contribution is 6.33. The Kier molecular flexibility index (Phi) is 4.29. The third-order valence-corrected chi connectivity index (χ3v) is 3.48. The number of aromatic amines is 1. The number of hydrogen-bond acceptors (Lipinski definition) is 4.